The van der Waals surface area contributed by atoms with Crippen LogP contribution in [0.4, 0.5) is 0 Å². The molecule has 3 aliphatic rings. The molecule has 0 aromatic rings. The molecule has 0 bridgehead atoms. The molecule has 2 aliphatic carbocycles. The highest BCUT2D eigenvalue weighted by Gasteiger charge is 2.45. The molecule has 21 heavy (non-hydrogen) atoms. The molecule has 3 rings (SSSR count). The van der Waals surface area contributed by atoms with Gasteiger partial charge >= 0.3 is 0 Å². The lowest BCUT2D eigenvalue weighted by Gasteiger charge is -2.54. The number of nitrogens with one attached hydrogen (secondary N) is 1. The van der Waals surface area contributed by atoms with Crippen LogP contribution in [0.25, 0.3) is 0 Å². The number of rotatable bonds is 4. The van der Waals surface area contributed by atoms with Crippen molar-refractivity contribution in [3.8, 4) is 0 Å². The fourth-order valence-electron chi connectivity index (χ4n) is 4.77. The van der Waals surface area contributed by atoms with Gasteiger partial charge in [0.15, 0.2) is 0 Å². The molecule has 2 nitrogen and oxygen atoms in total. The first kappa shape index (κ1) is 16.1. The van der Waals surface area contributed by atoms with Crippen LogP contribution in [0.5, 0.6) is 0 Å². The lowest BCUT2D eigenvalue weighted by Crippen LogP contribution is -2.67. The minimum atomic E-state index is 0.451. The Balaban J connectivity index is 1.71. The van der Waals surface area contributed by atoms with E-state index < -0.39 is 0 Å². The molecule has 1 saturated heterocycles. The highest BCUT2D eigenvalue weighted by Crippen LogP contribution is 2.45. The van der Waals surface area contributed by atoms with Crippen molar-refractivity contribution in [3.63, 3.8) is 0 Å². The Kier molecular flexibility index (Phi) is 4.93. The van der Waals surface area contributed by atoms with Gasteiger partial charge < -0.3 is 5.32 Å². The van der Waals surface area contributed by atoms with Gasteiger partial charge in [-0.05, 0) is 37.9 Å². The Morgan fingerprint density at radius 3 is 2.33 bits per heavy atom. The number of nitrogens with zero attached hydrogens (tertiary/aromatic N) is 1. The average molecular weight is 311 g/mol. The molecule has 0 aromatic carbocycles. The van der Waals surface area contributed by atoms with Gasteiger partial charge in [-0.1, -0.05) is 39.5 Å². The molecule has 0 radical (unpaired) electrons. The highest BCUT2D eigenvalue weighted by atomic mass is 32.2. The maximum atomic E-state index is 3.99. The van der Waals surface area contributed by atoms with E-state index in [0.29, 0.717) is 10.3 Å². The molecular weight excluding hydrogens is 276 g/mol. The molecule has 122 valence electrons. The van der Waals surface area contributed by atoms with Crippen molar-refractivity contribution >= 4 is 11.8 Å². The fourth-order valence-corrected chi connectivity index (χ4v) is 5.77. The standard InChI is InChI=1S/C18H34N2S/c1-15(2)16-12-19-17(8-5-4-6-9-17)13-20(16)14-18(21-3)10-7-11-18/h15-16,19H,4-14H2,1-3H3. The molecular formula is C18H34N2S. The summed E-state index contributed by atoms with van der Waals surface area (Å²) in [6.45, 7) is 8.66. The summed E-state index contributed by atoms with van der Waals surface area (Å²) in [6, 6.07) is 0.738. The van der Waals surface area contributed by atoms with Crippen LogP contribution in [0, 0.1) is 5.92 Å². The zero-order chi connectivity index (χ0) is 14.9. The minimum Gasteiger partial charge on any atom is -0.308 e. The molecule has 1 spiro atoms. The van der Waals surface area contributed by atoms with Crippen molar-refractivity contribution in [2.75, 3.05) is 25.9 Å². The van der Waals surface area contributed by atoms with Gasteiger partial charge in [-0.15, -0.1) is 0 Å². The maximum absolute atomic E-state index is 3.99. The third kappa shape index (κ3) is 3.30. The van der Waals surface area contributed by atoms with Crippen molar-refractivity contribution in [3.05, 3.63) is 0 Å². The Morgan fingerprint density at radius 2 is 1.81 bits per heavy atom. The smallest absolute Gasteiger partial charge is 0.0309 e. The van der Waals surface area contributed by atoms with Crippen LogP contribution >= 0.6 is 11.8 Å². The Labute approximate surface area is 135 Å². The summed E-state index contributed by atoms with van der Waals surface area (Å²) in [5.41, 5.74) is 0.451. The largest absolute Gasteiger partial charge is 0.308 e. The number of thioether (sulfide) groups is 1. The molecule has 3 heteroatoms. The molecule has 1 unspecified atom stereocenters. The maximum Gasteiger partial charge on any atom is 0.0309 e. The van der Waals surface area contributed by atoms with E-state index in [1.165, 1.54) is 71.0 Å². The van der Waals surface area contributed by atoms with Gasteiger partial charge in [-0.2, -0.15) is 11.8 Å². The minimum absolute atomic E-state index is 0.451. The first-order valence-electron chi connectivity index (χ1n) is 9.12. The molecule has 1 aliphatic heterocycles. The normalized spacial score (nSPS) is 32.3. The van der Waals surface area contributed by atoms with Gasteiger partial charge in [0.25, 0.3) is 0 Å². The van der Waals surface area contributed by atoms with E-state index in [9.17, 15) is 0 Å². The summed E-state index contributed by atoms with van der Waals surface area (Å²) in [5, 5.41) is 3.99. The van der Waals surface area contributed by atoms with Crippen LogP contribution < -0.4 is 5.32 Å². The third-order valence-corrected chi connectivity index (χ3v) is 7.83. The summed E-state index contributed by atoms with van der Waals surface area (Å²) >= 11 is 2.14. The second-order valence-corrected chi connectivity index (χ2v) is 9.45. The van der Waals surface area contributed by atoms with Gasteiger partial charge in [0.05, 0.1) is 0 Å². The predicted octanol–water partition coefficient (Wildman–Crippen LogP) is 3.90. The number of piperazine rings is 1. The van der Waals surface area contributed by atoms with Crippen molar-refractivity contribution in [2.24, 2.45) is 5.92 Å². The van der Waals surface area contributed by atoms with Crippen molar-refractivity contribution < 1.29 is 0 Å². The van der Waals surface area contributed by atoms with Crippen molar-refractivity contribution in [2.45, 2.75) is 81.5 Å². The van der Waals surface area contributed by atoms with Gasteiger partial charge in [0.1, 0.15) is 0 Å². The second kappa shape index (κ2) is 6.41. The van der Waals surface area contributed by atoms with Gasteiger partial charge in [0.2, 0.25) is 0 Å². The van der Waals surface area contributed by atoms with Crippen LogP contribution in [-0.4, -0.2) is 47.1 Å². The number of hydrogen-bond acceptors (Lipinski definition) is 3. The van der Waals surface area contributed by atoms with Gasteiger partial charge in [-0.3, -0.25) is 4.90 Å². The van der Waals surface area contributed by atoms with Crippen LogP contribution in [0.1, 0.15) is 65.2 Å². The second-order valence-electron chi connectivity index (χ2n) is 8.18. The zero-order valence-electron chi connectivity index (χ0n) is 14.3. The first-order chi connectivity index (χ1) is 10.1. The SMILES string of the molecule is CSC1(CN2CC3(CCCCC3)NCC2C(C)C)CCC1. The van der Waals surface area contributed by atoms with Crippen molar-refractivity contribution in [1.82, 2.24) is 10.2 Å². The lowest BCUT2D eigenvalue weighted by molar-refractivity contribution is 0.0228. The molecule has 2 saturated carbocycles. The van der Waals surface area contributed by atoms with Gasteiger partial charge in [0, 0.05) is 36.0 Å². The molecule has 0 amide bonds. The average Bonchev–Trinajstić information content (AvgIpc) is 2.43. The highest BCUT2D eigenvalue weighted by molar-refractivity contribution is 8.00. The molecule has 1 heterocycles. The summed E-state index contributed by atoms with van der Waals surface area (Å²) in [5.74, 6) is 0.762. The molecule has 1 atom stereocenters. The van der Waals surface area contributed by atoms with Crippen molar-refractivity contribution in [1.29, 1.82) is 0 Å². The summed E-state index contributed by atoms with van der Waals surface area (Å²) < 4.78 is 0.584. The van der Waals surface area contributed by atoms with E-state index in [2.05, 4.69) is 42.1 Å². The van der Waals surface area contributed by atoms with Crippen LogP contribution in [0.3, 0.4) is 0 Å². The zero-order valence-corrected chi connectivity index (χ0v) is 15.1. The fraction of sp³-hybridized carbons (Fsp3) is 1.00. The Morgan fingerprint density at radius 1 is 1.10 bits per heavy atom. The van der Waals surface area contributed by atoms with Crippen LogP contribution in [-0.2, 0) is 0 Å². The van der Waals surface area contributed by atoms with E-state index in [4.69, 9.17) is 0 Å². The lowest BCUT2D eigenvalue weighted by atomic mass is 9.77. The van der Waals surface area contributed by atoms with Gasteiger partial charge in [-0.25, -0.2) is 0 Å². The van der Waals surface area contributed by atoms with E-state index in [-0.39, 0.29) is 0 Å². The Bertz CT molecular complexity index is 340. The topological polar surface area (TPSA) is 15.3 Å². The summed E-state index contributed by atoms with van der Waals surface area (Å²) in [7, 11) is 0. The van der Waals surface area contributed by atoms with E-state index in [1.807, 2.05) is 0 Å². The van der Waals surface area contributed by atoms with E-state index >= 15 is 0 Å². The van der Waals surface area contributed by atoms with E-state index in [0.717, 1.165) is 12.0 Å². The predicted molar refractivity (Wildman–Crippen MR) is 94.1 cm³/mol. The first-order valence-corrected chi connectivity index (χ1v) is 10.3. The quantitative estimate of drug-likeness (QED) is 0.847. The van der Waals surface area contributed by atoms with Crippen LogP contribution in [0.15, 0.2) is 0 Å². The Hall–Kier alpha value is 0.270. The molecule has 1 N–H and O–H groups in total. The molecule has 0 aromatic heterocycles. The summed E-state index contributed by atoms with van der Waals surface area (Å²) in [4.78, 5) is 2.89. The number of hydrogen-bond donors (Lipinski definition) is 1. The van der Waals surface area contributed by atoms with Crippen LogP contribution in [0.2, 0.25) is 0 Å². The van der Waals surface area contributed by atoms with E-state index in [1.54, 1.807) is 0 Å². The molecule has 3 fully saturated rings. The monoisotopic (exact) mass is 310 g/mol. The third-order valence-electron chi connectivity index (χ3n) is 6.43. The summed E-state index contributed by atoms with van der Waals surface area (Å²) in [6.07, 6.45) is 13.8.